The number of carbonyl (C=O) groups excluding carboxylic acids is 2. The van der Waals surface area contributed by atoms with Gasteiger partial charge in [0.15, 0.2) is 11.5 Å². The van der Waals surface area contributed by atoms with Crippen LogP contribution in [0.25, 0.3) is 0 Å². The average molecular weight is 499 g/mol. The number of piperidine rings is 1. The molecule has 0 aliphatic carbocycles. The van der Waals surface area contributed by atoms with Gasteiger partial charge in [-0.25, -0.2) is 0 Å². The molecule has 2 N–H and O–H groups in total. The van der Waals surface area contributed by atoms with Crippen molar-refractivity contribution in [1.29, 1.82) is 0 Å². The highest BCUT2D eigenvalue weighted by Crippen LogP contribution is 2.40. The molecule has 4 rings (SSSR count). The SMILES string of the molecule is COc1ccc(C2=NN(C3CCN(C(=O)c4cc(N)ccc4Cl)CC3)C(C=O)C2(C)C)cc1OC. The van der Waals surface area contributed by atoms with Crippen molar-refractivity contribution in [3.8, 4) is 11.5 Å². The molecule has 1 atom stereocenters. The van der Waals surface area contributed by atoms with Crippen LogP contribution in [-0.2, 0) is 4.79 Å². The van der Waals surface area contributed by atoms with Crippen LogP contribution in [0, 0.1) is 5.41 Å². The largest absolute Gasteiger partial charge is 0.493 e. The second kappa shape index (κ2) is 9.77. The van der Waals surface area contributed by atoms with Gasteiger partial charge in [-0.1, -0.05) is 25.4 Å². The number of rotatable bonds is 6. The van der Waals surface area contributed by atoms with E-state index in [0.717, 1.165) is 17.6 Å². The first-order valence-electron chi connectivity index (χ1n) is 11.6. The van der Waals surface area contributed by atoms with E-state index in [9.17, 15) is 9.59 Å². The lowest BCUT2D eigenvalue weighted by Gasteiger charge is -2.39. The zero-order valence-electron chi connectivity index (χ0n) is 20.5. The Labute approximate surface area is 210 Å². The van der Waals surface area contributed by atoms with Crippen molar-refractivity contribution in [2.75, 3.05) is 33.0 Å². The van der Waals surface area contributed by atoms with Crippen molar-refractivity contribution in [2.45, 2.75) is 38.8 Å². The quantitative estimate of drug-likeness (QED) is 0.480. The Morgan fingerprint density at radius 2 is 1.80 bits per heavy atom. The Morgan fingerprint density at radius 1 is 1.11 bits per heavy atom. The van der Waals surface area contributed by atoms with E-state index in [1.807, 2.05) is 37.1 Å². The molecule has 2 heterocycles. The molecule has 2 aliphatic heterocycles. The van der Waals surface area contributed by atoms with E-state index in [0.29, 0.717) is 53.7 Å². The van der Waals surface area contributed by atoms with Crippen LogP contribution in [0.1, 0.15) is 42.6 Å². The zero-order chi connectivity index (χ0) is 25.3. The predicted octanol–water partition coefficient (Wildman–Crippen LogP) is 3.86. The number of anilines is 1. The lowest BCUT2D eigenvalue weighted by atomic mass is 9.78. The number of hydrazone groups is 1. The van der Waals surface area contributed by atoms with E-state index in [-0.39, 0.29) is 11.9 Å². The number of hydrogen-bond acceptors (Lipinski definition) is 7. The number of methoxy groups -OCH3 is 2. The third-order valence-corrected chi connectivity index (χ3v) is 7.31. The first-order chi connectivity index (χ1) is 16.7. The van der Waals surface area contributed by atoms with Crippen LogP contribution in [0.3, 0.4) is 0 Å². The summed E-state index contributed by atoms with van der Waals surface area (Å²) in [5, 5.41) is 7.26. The van der Waals surface area contributed by atoms with Crippen molar-refractivity contribution >= 4 is 35.2 Å². The number of halogens is 1. The minimum absolute atomic E-state index is 0.0301. The molecule has 1 unspecified atom stereocenters. The van der Waals surface area contributed by atoms with E-state index in [1.165, 1.54) is 0 Å². The monoisotopic (exact) mass is 498 g/mol. The van der Waals surface area contributed by atoms with Gasteiger partial charge in [0.25, 0.3) is 5.91 Å². The summed E-state index contributed by atoms with van der Waals surface area (Å²) >= 11 is 6.24. The molecule has 0 saturated carbocycles. The number of benzene rings is 2. The molecule has 1 amide bonds. The molecule has 2 aromatic rings. The summed E-state index contributed by atoms with van der Waals surface area (Å²) in [5.41, 5.74) is 7.95. The first-order valence-corrected chi connectivity index (χ1v) is 12.0. The van der Waals surface area contributed by atoms with Crippen molar-refractivity contribution in [3.63, 3.8) is 0 Å². The molecule has 2 aliphatic rings. The number of hydrogen-bond donors (Lipinski definition) is 1. The maximum absolute atomic E-state index is 13.0. The Hall–Kier alpha value is -3.26. The first kappa shape index (κ1) is 24.9. The number of nitrogens with zero attached hydrogens (tertiary/aromatic N) is 3. The van der Waals surface area contributed by atoms with E-state index in [1.54, 1.807) is 37.3 Å². The number of nitrogen functional groups attached to an aromatic ring is 1. The van der Waals surface area contributed by atoms with Gasteiger partial charge in [0.05, 0.1) is 36.6 Å². The third kappa shape index (κ3) is 4.55. The van der Waals surface area contributed by atoms with Crippen LogP contribution in [-0.4, -0.2) is 67.2 Å². The minimum atomic E-state index is -0.511. The summed E-state index contributed by atoms with van der Waals surface area (Å²) in [5.74, 6) is 1.11. The second-order valence-corrected chi connectivity index (χ2v) is 9.87. The molecule has 35 heavy (non-hydrogen) atoms. The summed E-state index contributed by atoms with van der Waals surface area (Å²) in [6.07, 6.45) is 2.35. The normalized spacial score (nSPS) is 19.9. The molecule has 8 nitrogen and oxygen atoms in total. The maximum atomic E-state index is 13.0. The second-order valence-electron chi connectivity index (χ2n) is 9.46. The molecular weight excluding hydrogens is 468 g/mol. The highest BCUT2D eigenvalue weighted by molar-refractivity contribution is 6.34. The van der Waals surface area contributed by atoms with Gasteiger partial charge in [-0.15, -0.1) is 0 Å². The summed E-state index contributed by atoms with van der Waals surface area (Å²) in [7, 11) is 3.19. The number of aldehydes is 1. The predicted molar refractivity (Wildman–Crippen MR) is 136 cm³/mol. The lowest BCUT2D eigenvalue weighted by Crippen LogP contribution is -2.50. The Morgan fingerprint density at radius 3 is 2.43 bits per heavy atom. The molecule has 1 fully saturated rings. The average Bonchev–Trinajstić information content (AvgIpc) is 3.14. The lowest BCUT2D eigenvalue weighted by molar-refractivity contribution is -0.115. The standard InChI is InChI=1S/C26H31ClN4O4/c1-26(2)23(15-32)31(29-24(26)16-5-8-21(34-3)22(13-16)35-4)18-9-11-30(12-10-18)25(33)19-14-17(28)6-7-20(19)27/h5-8,13-15,18,23H,9-12,28H2,1-4H3. The highest BCUT2D eigenvalue weighted by Gasteiger charge is 2.47. The number of likely N-dealkylation sites (tertiary alicyclic amines) is 1. The van der Waals surface area contributed by atoms with Gasteiger partial charge in [0.1, 0.15) is 12.3 Å². The van der Waals surface area contributed by atoms with Crippen molar-refractivity contribution < 1.29 is 19.1 Å². The smallest absolute Gasteiger partial charge is 0.255 e. The van der Waals surface area contributed by atoms with Crippen LogP contribution in [0.4, 0.5) is 5.69 Å². The van der Waals surface area contributed by atoms with E-state index in [2.05, 4.69) is 0 Å². The zero-order valence-corrected chi connectivity index (χ0v) is 21.2. The van der Waals surface area contributed by atoms with Gasteiger partial charge >= 0.3 is 0 Å². The van der Waals surface area contributed by atoms with Crippen LogP contribution in [0.2, 0.25) is 5.02 Å². The number of nitrogens with two attached hydrogens (primary N) is 1. The molecular formula is C26H31ClN4O4. The number of ether oxygens (including phenoxy) is 2. The van der Waals surface area contributed by atoms with Gasteiger partial charge in [-0.3, -0.25) is 9.80 Å². The minimum Gasteiger partial charge on any atom is -0.493 e. The highest BCUT2D eigenvalue weighted by atomic mass is 35.5. The fraction of sp³-hybridized carbons (Fsp3) is 0.423. The molecule has 0 bridgehead atoms. The fourth-order valence-electron chi connectivity index (χ4n) is 4.94. The molecule has 2 aromatic carbocycles. The van der Waals surface area contributed by atoms with Crippen molar-refractivity contribution in [1.82, 2.24) is 9.91 Å². The van der Waals surface area contributed by atoms with Crippen LogP contribution in [0.15, 0.2) is 41.5 Å². The van der Waals surface area contributed by atoms with E-state index in [4.69, 9.17) is 31.9 Å². The molecule has 0 spiro atoms. The van der Waals surface area contributed by atoms with Crippen LogP contribution in [0.5, 0.6) is 11.5 Å². The van der Waals surface area contributed by atoms with Gasteiger partial charge in [0.2, 0.25) is 0 Å². The third-order valence-electron chi connectivity index (χ3n) is 6.98. The van der Waals surface area contributed by atoms with Crippen molar-refractivity contribution in [3.05, 3.63) is 52.5 Å². The topological polar surface area (TPSA) is 97.5 Å². The molecule has 186 valence electrons. The molecule has 1 saturated heterocycles. The summed E-state index contributed by atoms with van der Waals surface area (Å²) in [6.45, 7) is 5.14. The van der Waals surface area contributed by atoms with E-state index < -0.39 is 11.5 Å². The summed E-state index contributed by atoms with van der Waals surface area (Å²) in [6, 6.07) is 10.2. The van der Waals surface area contributed by atoms with Gasteiger partial charge < -0.3 is 24.9 Å². The van der Waals surface area contributed by atoms with E-state index >= 15 is 0 Å². The Kier molecular flexibility index (Phi) is 6.94. The van der Waals surface area contributed by atoms with Crippen LogP contribution >= 0.6 is 11.6 Å². The summed E-state index contributed by atoms with van der Waals surface area (Å²) in [4.78, 5) is 27.1. The maximum Gasteiger partial charge on any atom is 0.255 e. The number of amides is 1. The fourth-order valence-corrected chi connectivity index (χ4v) is 5.14. The van der Waals surface area contributed by atoms with Gasteiger partial charge in [-0.05, 0) is 49.2 Å². The van der Waals surface area contributed by atoms with Crippen molar-refractivity contribution in [2.24, 2.45) is 10.5 Å². The molecule has 9 heteroatoms. The Bertz CT molecular complexity index is 1160. The van der Waals surface area contributed by atoms with Crippen LogP contribution < -0.4 is 15.2 Å². The molecule has 0 radical (unpaired) electrons. The van der Waals surface area contributed by atoms with Gasteiger partial charge in [-0.2, -0.15) is 5.10 Å². The van der Waals surface area contributed by atoms with Gasteiger partial charge in [0, 0.05) is 29.8 Å². The summed E-state index contributed by atoms with van der Waals surface area (Å²) < 4.78 is 10.8. The number of carbonyl (C=O) groups is 2. The Balaban J connectivity index is 1.55. The molecule has 0 aromatic heterocycles.